The van der Waals surface area contributed by atoms with E-state index in [-0.39, 0.29) is 11.8 Å². The van der Waals surface area contributed by atoms with E-state index in [0.29, 0.717) is 25.1 Å². The van der Waals surface area contributed by atoms with E-state index < -0.39 is 0 Å². The Morgan fingerprint density at radius 2 is 1.70 bits per heavy atom. The molecule has 0 spiro atoms. The number of hydrogen-bond donors (Lipinski definition) is 2. The first-order valence-electron chi connectivity index (χ1n) is 9.26. The van der Waals surface area contributed by atoms with Gasteiger partial charge in [-0.15, -0.1) is 0 Å². The van der Waals surface area contributed by atoms with Crippen LogP contribution < -0.4 is 15.4 Å². The van der Waals surface area contributed by atoms with Crippen LogP contribution in [0.2, 0.25) is 0 Å². The van der Waals surface area contributed by atoms with Crippen molar-refractivity contribution < 1.29 is 14.3 Å². The van der Waals surface area contributed by atoms with Gasteiger partial charge in [0, 0.05) is 38.3 Å². The van der Waals surface area contributed by atoms with E-state index >= 15 is 0 Å². The minimum atomic E-state index is -0.0631. The first-order chi connectivity index (χ1) is 13.2. The molecule has 1 aliphatic heterocycles. The molecule has 1 saturated heterocycles. The molecule has 142 valence electrons. The molecule has 6 heteroatoms. The fourth-order valence-corrected chi connectivity index (χ4v) is 2.88. The topological polar surface area (TPSA) is 70.7 Å². The van der Waals surface area contributed by atoms with Crippen molar-refractivity contribution in [1.82, 2.24) is 15.5 Å². The zero-order valence-corrected chi connectivity index (χ0v) is 15.3. The summed E-state index contributed by atoms with van der Waals surface area (Å²) in [6.45, 7) is 3.93. The van der Waals surface area contributed by atoms with Gasteiger partial charge < -0.3 is 20.3 Å². The van der Waals surface area contributed by atoms with Gasteiger partial charge in [-0.25, -0.2) is 0 Å². The van der Waals surface area contributed by atoms with Gasteiger partial charge in [0.25, 0.3) is 5.91 Å². The number of ether oxygens (including phenoxy) is 1. The van der Waals surface area contributed by atoms with Crippen LogP contribution in [0, 0.1) is 0 Å². The third kappa shape index (κ3) is 5.82. The third-order valence-electron chi connectivity index (χ3n) is 4.44. The molecule has 1 fully saturated rings. The predicted octanol–water partition coefficient (Wildman–Crippen LogP) is 1.82. The lowest BCUT2D eigenvalue weighted by molar-refractivity contribution is -0.121. The monoisotopic (exact) mass is 367 g/mol. The molecule has 2 aromatic rings. The maximum absolute atomic E-state index is 12.4. The van der Waals surface area contributed by atoms with E-state index in [0.717, 1.165) is 37.5 Å². The second-order valence-electron chi connectivity index (χ2n) is 6.43. The van der Waals surface area contributed by atoms with E-state index in [9.17, 15) is 9.59 Å². The molecule has 1 heterocycles. The van der Waals surface area contributed by atoms with Crippen LogP contribution in [0.25, 0.3) is 0 Å². The van der Waals surface area contributed by atoms with Crippen molar-refractivity contribution in [2.45, 2.75) is 13.0 Å². The van der Waals surface area contributed by atoms with Gasteiger partial charge in [0.05, 0.1) is 13.0 Å². The average Bonchev–Trinajstić information content (AvgIpc) is 2.73. The van der Waals surface area contributed by atoms with Crippen molar-refractivity contribution in [1.29, 1.82) is 0 Å². The Morgan fingerprint density at radius 3 is 2.41 bits per heavy atom. The van der Waals surface area contributed by atoms with Crippen molar-refractivity contribution in [3.05, 3.63) is 65.7 Å². The molecular weight excluding hydrogens is 342 g/mol. The maximum atomic E-state index is 12.4. The lowest BCUT2D eigenvalue weighted by Crippen LogP contribution is -2.46. The Balaban J connectivity index is 1.40. The highest BCUT2D eigenvalue weighted by Crippen LogP contribution is 2.10. The number of rotatable bonds is 7. The Hall–Kier alpha value is -2.86. The van der Waals surface area contributed by atoms with Crippen molar-refractivity contribution in [2.24, 2.45) is 0 Å². The second-order valence-corrected chi connectivity index (χ2v) is 6.43. The van der Waals surface area contributed by atoms with Crippen LogP contribution in [-0.4, -0.2) is 49.5 Å². The average molecular weight is 367 g/mol. The lowest BCUT2D eigenvalue weighted by Gasteiger charge is -2.27. The van der Waals surface area contributed by atoms with Crippen molar-refractivity contribution >= 4 is 11.8 Å². The summed E-state index contributed by atoms with van der Waals surface area (Å²) in [7, 11) is 0. The van der Waals surface area contributed by atoms with Crippen LogP contribution in [-0.2, 0) is 11.3 Å². The molecule has 6 nitrogen and oxygen atoms in total. The lowest BCUT2D eigenvalue weighted by atomic mass is 10.1. The molecule has 2 amide bonds. The number of hydrogen-bond acceptors (Lipinski definition) is 4. The highest BCUT2D eigenvalue weighted by Gasteiger charge is 2.17. The first kappa shape index (κ1) is 18.9. The molecule has 2 aromatic carbocycles. The van der Waals surface area contributed by atoms with Gasteiger partial charge >= 0.3 is 0 Å². The molecule has 0 aliphatic carbocycles. The number of piperazine rings is 1. The summed E-state index contributed by atoms with van der Waals surface area (Å²) in [5, 5.41) is 6.11. The zero-order chi connectivity index (χ0) is 18.9. The summed E-state index contributed by atoms with van der Waals surface area (Å²) < 4.78 is 5.52. The van der Waals surface area contributed by atoms with Gasteiger partial charge in [0.1, 0.15) is 5.75 Å². The van der Waals surface area contributed by atoms with Crippen molar-refractivity contribution in [3.63, 3.8) is 0 Å². The summed E-state index contributed by atoms with van der Waals surface area (Å²) in [5.41, 5.74) is 1.65. The molecular formula is C21H25N3O3. The van der Waals surface area contributed by atoms with E-state index in [2.05, 4.69) is 10.6 Å². The van der Waals surface area contributed by atoms with Crippen LogP contribution in [0.3, 0.4) is 0 Å². The number of nitrogens with one attached hydrogen (secondary N) is 2. The summed E-state index contributed by atoms with van der Waals surface area (Å²) in [6, 6.07) is 16.9. The smallest absolute Gasteiger partial charge is 0.253 e. The number of para-hydroxylation sites is 1. The minimum absolute atomic E-state index is 0.0603. The molecule has 3 rings (SSSR count). The first-order valence-corrected chi connectivity index (χ1v) is 9.26. The number of carbonyl (C=O) groups excluding carboxylic acids is 2. The SMILES string of the molecule is O=C(CCOc1ccccc1)NCc1ccc(C(=O)N2CCNCC2)cc1. The van der Waals surface area contributed by atoms with Gasteiger partial charge in [-0.3, -0.25) is 9.59 Å². The second kappa shape index (κ2) is 9.73. The molecule has 0 aromatic heterocycles. The number of carbonyl (C=O) groups is 2. The zero-order valence-electron chi connectivity index (χ0n) is 15.3. The normalized spacial score (nSPS) is 13.9. The van der Waals surface area contributed by atoms with E-state index in [1.165, 1.54) is 0 Å². The number of amides is 2. The quantitative estimate of drug-likeness (QED) is 0.783. The van der Waals surface area contributed by atoms with Gasteiger partial charge in [-0.1, -0.05) is 30.3 Å². The summed E-state index contributed by atoms with van der Waals surface area (Å²) in [4.78, 5) is 26.2. The highest BCUT2D eigenvalue weighted by atomic mass is 16.5. The summed E-state index contributed by atoms with van der Waals surface area (Å²) >= 11 is 0. The summed E-state index contributed by atoms with van der Waals surface area (Å²) in [5.74, 6) is 0.757. The molecule has 0 saturated carbocycles. The molecule has 27 heavy (non-hydrogen) atoms. The maximum Gasteiger partial charge on any atom is 0.253 e. The molecule has 0 unspecified atom stereocenters. The Labute approximate surface area is 159 Å². The molecule has 0 atom stereocenters. The Bertz CT molecular complexity index is 741. The van der Waals surface area contributed by atoms with Crippen LogP contribution in [0.1, 0.15) is 22.3 Å². The largest absolute Gasteiger partial charge is 0.493 e. The van der Waals surface area contributed by atoms with E-state index in [1.807, 2.05) is 59.5 Å². The standard InChI is InChI=1S/C21H25N3O3/c25-20(10-15-27-19-4-2-1-3-5-19)23-16-17-6-8-18(9-7-17)21(26)24-13-11-22-12-14-24/h1-9,22H,10-16H2,(H,23,25). The predicted molar refractivity (Wildman–Crippen MR) is 104 cm³/mol. The number of nitrogens with zero attached hydrogens (tertiary/aromatic N) is 1. The number of benzene rings is 2. The Morgan fingerprint density at radius 1 is 1.00 bits per heavy atom. The molecule has 1 aliphatic rings. The van der Waals surface area contributed by atoms with E-state index in [4.69, 9.17) is 4.74 Å². The molecule has 0 radical (unpaired) electrons. The fraction of sp³-hybridized carbons (Fsp3) is 0.333. The highest BCUT2D eigenvalue weighted by molar-refractivity contribution is 5.94. The van der Waals surface area contributed by atoms with Gasteiger partial charge in [-0.05, 0) is 29.8 Å². The van der Waals surface area contributed by atoms with Crippen molar-refractivity contribution in [3.8, 4) is 5.75 Å². The van der Waals surface area contributed by atoms with Crippen LogP contribution in [0.15, 0.2) is 54.6 Å². The van der Waals surface area contributed by atoms with Gasteiger partial charge in [0.2, 0.25) is 5.91 Å². The third-order valence-corrected chi connectivity index (χ3v) is 4.44. The molecule has 0 bridgehead atoms. The van der Waals surface area contributed by atoms with Gasteiger partial charge in [0.15, 0.2) is 0 Å². The molecule has 2 N–H and O–H groups in total. The van der Waals surface area contributed by atoms with Crippen LogP contribution >= 0.6 is 0 Å². The van der Waals surface area contributed by atoms with Crippen LogP contribution in [0.4, 0.5) is 0 Å². The summed E-state index contributed by atoms with van der Waals surface area (Å²) in [6.07, 6.45) is 0.300. The fourth-order valence-electron chi connectivity index (χ4n) is 2.88. The Kier molecular flexibility index (Phi) is 6.82. The van der Waals surface area contributed by atoms with E-state index in [1.54, 1.807) is 0 Å². The van der Waals surface area contributed by atoms with Gasteiger partial charge in [-0.2, -0.15) is 0 Å². The minimum Gasteiger partial charge on any atom is -0.493 e. The van der Waals surface area contributed by atoms with Crippen molar-refractivity contribution in [2.75, 3.05) is 32.8 Å². The van der Waals surface area contributed by atoms with Crippen LogP contribution in [0.5, 0.6) is 5.75 Å².